The maximum atomic E-state index is 4.35. The summed E-state index contributed by atoms with van der Waals surface area (Å²) in [6, 6.07) is 1.94. The van der Waals surface area contributed by atoms with E-state index in [9.17, 15) is 0 Å². The highest BCUT2D eigenvalue weighted by molar-refractivity contribution is 7.98. The number of unbranched alkanes of at least 4 members (excludes halogenated alkanes) is 2. The van der Waals surface area contributed by atoms with Crippen molar-refractivity contribution in [1.29, 1.82) is 0 Å². The van der Waals surface area contributed by atoms with E-state index in [2.05, 4.69) is 26.9 Å². The number of nitrogens with one attached hydrogen (secondary N) is 2. The number of aromatic nitrogens is 2. The average molecular weight is 254 g/mol. The molecule has 1 aromatic rings. The van der Waals surface area contributed by atoms with Crippen molar-refractivity contribution < 1.29 is 0 Å². The molecule has 2 N–H and O–H groups in total. The molecular weight excluding hydrogens is 232 g/mol. The summed E-state index contributed by atoms with van der Waals surface area (Å²) in [5.74, 6) is 3.83. The molecule has 0 atom stereocenters. The number of anilines is 2. The van der Waals surface area contributed by atoms with Crippen molar-refractivity contribution in [2.45, 2.75) is 26.2 Å². The van der Waals surface area contributed by atoms with Gasteiger partial charge in [-0.1, -0.05) is 6.42 Å². The van der Waals surface area contributed by atoms with Crippen LogP contribution < -0.4 is 10.6 Å². The summed E-state index contributed by atoms with van der Waals surface area (Å²) in [7, 11) is 1.87. The molecule has 0 aromatic carbocycles. The van der Waals surface area contributed by atoms with Crippen LogP contribution in [0.3, 0.4) is 0 Å². The van der Waals surface area contributed by atoms with Crippen LogP contribution in [0.15, 0.2) is 6.07 Å². The van der Waals surface area contributed by atoms with Gasteiger partial charge in [0.1, 0.15) is 17.5 Å². The monoisotopic (exact) mass is 254 g/mol. The second-order valence-corrected chi connectivity index (χ2v) is 4.90. The Morgan fingerprint density at radius 1 is 1.18 bits per heavy atom. The number of thioether (sulfide) groups is 1. The Kier molecular flexibility index (Phi) is 6.77. The van der Waals surface area contributed by atoms with E-state index in [-0.39, 0.29) is 0 Å². The van der Waals surface area contributed by atoms with Gasteiger partial charge in [-0.05, 0) is 31.8 Å². The highest BCUT2D eigenvalue weighted by Gasteiger charge is 1.99. The summed E-state index contributed by atoms with van der Waals surface area (Å²) in [5, 5.41) is 6.37. The minimum Gasteiger partial charge on any atom is -0.373 e. The van der Waals surface area contributed by atoms with Gasteiger partial charge in [-0.15, -0.1) is 0 Å². The van der Waals surface area contributed by atoms with E-state index in [1.54, 1.807) is 0 Å². The standard InChI is InChI=1S/C12H22N4S/c1-10-15-11(13-2)9-12(16-10)14-7-5-4-6-8-17-3/h9H,4-8H2,1-3H3,(H2,13,14,15,16). The fourth-order valence-electron chi connectivity index (χ4n) is 1.55. The van der Waals surface area contributed by atoms with E-state index < -0.39 is 0 Å². The lowest BCUT2D eigenvalue weighted by molar-refractivity contribution is 0.747. The molecule has 1 heterocycles. The first-order valence-electron chi connectivity index (χ1n) is 6.02. The predicted octanol–water partition coefficient (Wildman–Crippen LogP) is 2.77. The summed E-state index contributed by atoms with van der Waals surface area (Å²) < 4.78 is 0. The van der Waals surface area contributed by atoms with Gasteiger partial charge in [0.25, 0.3) is 0 Å². The Labute approximate surface area is 108 Å². The maximum Gasteiger partial charge on any atom is 0.131 e. The first kappa shape index (κ1) is 14.1. The minimum atomic E-state index is 0.793. The molecule has 0 saturated carbocycles. The number of hydrogen-bond acceptors (Lipinski definition) is 5. The van der Waals surface area contributed by atoms with Gasteiger partial charge in [0.2, 0.25) is 0 Å². The molecule has 0 spiro atoms. The Balaban J connectivity index is 2.28. The van der Waals surface area contributed by atoms with Crippen molar-refractivity contribution in [2.75, 3.05) is 36.2 Å². The largest absolute Gasteiger partial charge is 0.373 e. The number of nitrogens with zero attached hydrogens (tertiary/aromatic N) is 2. The van der Waals surface area contributed by atoms with Crippen molar-refractivity contribution in [3.05, 3.63) is 11.9 Å². The minimum absolute atomic E-state index is 0.793. The van der Waals surface area contributed by atoms with Crippen molar-refractivity contribution in [3.63, 3.8) is 0 Å². The highest BCUT2D eigenvalue weighted by atomic mass is 32.2. The van der Waals surface area contributed by atoms with Crippen LogP contribution in [0, 0.1) is 6.92 Å². The van der Waals surface area contributed by atoms with Gasteiger partial charge in [-0.25, -0.2) is 9.97 Å². The molecule has 0 aliphatic heterocycles. The van der Waals surface area contributed by atoms with Crippen LogP contribution in [0.5, 0.6) is 0 Å². The maximum absolute atomic E-state index is 4.35. The predicted molar refractivity (Wildman–Crippen MR) is 77.0 cm³/mol. The molecule has 0 aliphatic carbocycles. The van der Waals surface area contributed by atoms with Crippen LogP contribution in [-0.2, 0) is 0 Å². The van der Waals surface area contributed by atoms with Gasteiger partial charge in [-0.2, -0.15) is 11.8 Å². The van der Waals surface area contributed by atoms with Gasteiger partial charge in [-0.3, -0.25) is 0 Å². The van der Waals surface area contributed by atoms with Crippen molar-refractivity contribution >= 4 is 23.4 Å². The molecule has 1 aromatic heterocycles. The number of rotatable bonds is 8. The Morgan fingerprint density at radius 2 is 1.94 bits per heavy atom. The third kappa shape index (κ3) is 5.77. The lowest BCUT2D eigenvalue weighted by atomic mass is 10.2. The molecule has 0 amide bonds. The quantitative estimate of drug-likeness (QED) is 0.699. The lowest BCUT2D eigenvalue weighted by Crippen LogP contribution is -2.06. The Hall–Kier alpha value is -0.970. The first-order valence-corrected chi connectivity index (χ1v) is 7.42. The molecule has 0 bridgehead atoms. The van der Waals surface area contributed by atoms with E-state index >= 15 is 0 Å². The lowest BCUT2D eigenvalue weighted by Gasteiger charge is -2.08. The SMILES string of the molecule is CNc1cc(NCCCCCSC)nc(C)n1. The first-order chi connectivity index (χ1) is 8.26. The van der Waals surface area contributed by atoms with Gasteiger partial charge < -0.3 is 10.6 Å². The number of hydrogen-bond donors (Lipinski definition) is 2. The summed E-state index contributed by atoms with van der Waals surface area (Å²) in [6.07, 6.45) is 5.92. The van der Waals surface area contributed by atoms with Crippen LogP contribution in [0.2, 0.25) is 0 Å². The smallest absolute Gasteiger partial charge is 0.131 e. The molecule has 0 aliphatic rings. The van der Waals surface area contributed by atoms with Crippen LogP contribution in [-0.4, -0.2) is 35.6 Å². The molecule has 0 unspecified atom stereocenters. The van der Waals surface area contributed by atoms with E-state index in [0.717, 1.165) is 24.0 Å². The topological polar surface area (TPSA) is 49.8 Å². The second-order valence-electron chi connectivity index (χ2n) is 3.92. The Bertz CT molecular complexity index is 330. The van der Waals surface area contributed by atoms with Gasteiger partial charge >= 0.3 is 0 Å². The second kappa shape index (κ2) is 8.17. The third-order valence-corrected chi connectivity index (χ3v) is 3.12. The van der Waals surface area contributed by atoms with Gasteiger partial charge in [0.05, 0.1) is 0 Å². The van der Waals surface area contributed by atoms with Crippen LogP contribution in [0.1, 0.15) is 25.1 Å². The highest BCUT2D eigenvalue weighted by Crippen LogP contribution is 2.10. The molecule has 4 nitrogen and oxygen atoms in total. The van der Waals surface area contributed by atoms with E-state index in [4.69, 9.17) is 0 Å². The summed E-state index contributed by atoms with van der Waals surface area (Å²) in [6.45, 7) is 2.89. The summed E-state index contributed by atoms with van der Waals surface area (Å²) in [4.78, 5) is 8.61. The summed E-state index contributed by atoms with van der Waals surface area (Å²) >= 11 is 1.91. The van der Waals surface area contributed by atoms with E-state index in [1.165, 1.54) is 25.0 Å². The number of aryl methyl sites for hydroxylation is 1. The van der Waals surface area contributed by atoms with E-state index in [1.807, 2.05) is 31.8 Å². The van der Waals surface area contributed by atoms with E-state index in [0.29, 0.717) is 0 Å². The van der Waals surface area contributed by atoms with Crippen LogP contribution in [0.25, 0.3) is 0 Å². The van der Waals surface area contributed by atoms with Crippen molar-refractivity contribution in [3.8, 4) is 0 Å². The zero-order valence-electron chi connectivity index (χ0n) is 10.9. The molecular formula is C12H22N4S. The fraction of sp³-hybridized carbons (Fsp3) is 0.667. The zero-order valence-corrected chi connectivity index (χ0v) is 11.7. The third-order valence-electron chi connectivity index (χ3n) is 2.43. The molecule has 1 rings (SSSR count). The molecule has 5 heteroatoms. The molecule has 0 radical (unpaired) electrons. The molecule has 17 heavy (non-hydrogen) atoms. The van der Waals surface area contributed by atoms with Crippen molar-refractivity contribution in [2.24, 2.45) is 0 Å². The molecule has 96 valence electrons. The fourth-order valence-corrected chi connectivity index (χ4v) is 2.04. The van der Waals surface area contributed by atoms with Crippen LogP contribution in [0.4, 0.5) is 11.6 Å². The molecule has 0 fully saturated rings. The van der Waals surface area contributed by atoms with Crippen LogP contribution >= 0.6 is 11.8 Å². The summed E-state index contributed by atoms with van der Waals surface area (Å²) in [5.41, 5.74) is 0. The van der Waals surface area contributed by atoms with Crippen molar-refractivity contribution in [1.82, 2.24) is 9.97 Å². The van der Waals surface area contributed by atoms with Gasteiger partial charge in [0, 0.05) is 19.7 Å². The normalized spacial score (nSPS) is 10.3. The molecule has 0 saturated heterocycles. The Morgan fingerprint density at radius 3 is 2.65 bits per heavy atom. The van der Waals surface area contributed by atoms with Gasteiger partial charge in [0.15, 0.2) is 0 Å². The average Bonchev–Trinajstić information content (AvgIpc) is 2.33. The zero-order chi connectivity index (χ0) is 12.5.